The van der Waals surface area contributed by atoms with Crippen LogP contribution in [0.25, 0.3) is 0 Å². The third-order valence-electron chi connectivity index (χ3n) is 2.71. The summed E-state index contributed by atoms with van der Waals surface area (Å²) < 4.78 is 20.1. The molecule has 5 nitrogen and oxygen atoms in total. The molecule has 116 valence electrons. The third-order valence-corrected chi connectivity index (χ3v) is 3.82. The summed E-state index contributed by atoms with van der Waals surface area (Å²) in [5, 5.41) is 8.91. The van der Waals surface area contributed by atoms with Crippen LogP contribution < -0.4 is 10.5 Å². The predicted octanol–water partition coefficient (Wildman–Crippen LogP) is 2.40. The van der Waals surface area contributed by atoms with E-state index in [2.05, 4.69) is 10.2 Å². The first kappa shape index (κ1) is 17.7. The monoisotopic (exact) mass is 332 g/mol. The van der Waals surface area contributed by atoms with Gasteiger partial charge in [0.15, 0.2) is 5.16 Å². The van der Waals surface area contributed by atoms with E-state index in [-0.39, 0.29) is 18.2 Å². The average Bonchev–Trinajstić information content (AvgIpc) is 2.81. The van der Waals surface area contributed by atoms with Crippen molar-refractivity contribution in [3.8, 4) is 5.75 Å². The molecule has 2 rings (SSSR count). The van der Waals surface area contributed by atoms with E-state index >= 15 is 0 Å². The fraction of sp³-hybridized carbons (Fsp3) is 0.385. The van der Waals surface area contributed by atoms with E-state index in [0.717, 1.165) is 23.2 Å². The van der Waals surface area contributed by atoms with Crippen molar-refractivity contribution in [2.24, 2.45) is 12.8 Å². The number of thioether (sulfide) groups is 1. The quantitative estimate of drug-likeness (QED) is 0.623. The number of halogens is 2. The van der Waals surface area contributed by atoms with Crippen LogP contribution in [-0.4, -0.2) is 27.1 Å². The maximum absolute atomic E-state index is 12.7. The van der Waals surface area contributed by atoms with Crippen molar-refractivity contribution in [2.45, 2.75) is 18.1 Å². The van der Waals surface area contributed by atoms with E-state index in [1.807, 2.05) is 11.6 Å². The highest BCUT2D eigenvalue weighted by atomic mass is 35.5. The zero-order valence-electron chi connectivity index (χ0n) is 11.7. The molecular formula is C13H18ClFN4OS. The standard InChI is InChI=1S/C13H17FN4OS.ClH/c1-18-12(9-15)16-17-13(18)20-8-2-7-19-11-5-3-10(14)4-6-11;/h3-6H,2,7-9,15H2,1H3;1H. The van der Waals surface area contributed by atoms with E-state index in [4.69, 9.17) is 10.5 Å². The molecule has 21 heavy (non-hydrogen) atoms. The molecule has 0 atom stereocenters. The van der Waals surface area contributed by atoms with Crippen LogP contribution in [0.4, 0.5) is 4.39 Å². The summed E-state index contributed by atoms with van der Waals surface area (Å²) in [7, 11) is 1.90. The van der Waals surface area contributed by atoms with Gasteiger partial charge in [0.05, 0.1) is 13.2 Å². The molecule has 8 heteroatoms. The van der Waals surface area contributed by atoms with E-state index in [0.29, 0.717) is 18.9 Å². The van der Waals surface area contributed by atoms with Crippen molar-refractivity contribution in [2.75, 3.05) is 12.4 Å². The summed E-state index contributed by atoms with van der Waals surface area (Å²) in [4.78, 5) is 0. The highest BCUT2D eigenvalue weighted by Gasteiger charge is 2.07. The number of hydrogen-bond donors (Lipinski definition) is 1. The molecule has 0 aliphatic carbocycles. The molecule has 2 N–H and O–H groups in total. The predicted molar refractivity (Wildman–Crippen MR) is 83.4 cm³/mol. The lowest BCUT2D eigenvalue weighted by Gasteiger charge is -2.06. The second kappa shape index (κ2) is 8.86. The smallest absolute Gasteiger partial charge is 0.190 e. The maximum atomic E-state index is 12.7. The molecule has 0 amide bonds. The van der Waals surface area contributed by atoms with Gasteiger partial charge in [-0.2, -0.15) is 0 Å². The molecule has 0 saturated carbocycles. The molecule has 0 bridgehead atoms. The fourth-order valence-electron chi connectivity index (χ4n) is 1.59. The Morgan fingerprint density at radius 1 is 1.29 bits per heavy atom. The van der Waals surface area contributed by atoms with E-state index in [1.54, 1.807) is 23.9 Å². The summed E-state index contributed by atoms with van der Waals surface area (Å²) in [6, 6.07) is 6.02. The summed E-state index contributed by atoms with van der Waals surface area (Å²) >= 11 is 1.61. The number of hydrogen-bond acceptors (Lipinski definition) is 5. The van der Waals surface area contributed by atoms with Crippen LogP contribution >= 0.6 is 24.2 Å². The molecule has 0 unspecified atom stereocenters. The summed E-state index contributed by atoms with van der Waals surface area (Å²) in [6.07, 6.45) is 0.868. The Balaban J connectivity index is 0.00000220. The highest BCUT2D eigenvalue weighted by Crippen LogP contribution is 2.17. The Bertz CT molecular complexity index is 550. The first-order valence-corrected chi connectivity index (χ1v) is 7.28. The maximum Gasteiger partial charge on any atom is 0.190 e. The van der Waals surface area contributed by atoms with E-state index < -0.39 is 0 Å². The molecule has 0 fully saturated rings. The lowest BCUT2D eigenvalue weighted by molar-refractivity contribution is 0.318. The Morgan fingerprint density at radius 3 is 2.62 bits per heavy atom. The minimum atomic E-state index is -0.258. The Morgan fingerprint density at radius 2 is 2.00 bits per heavy atom. The van der Waals surface area contributed by atoms with Crippen molar-refractivity contribution >= 4 is 24.2 Å². The minimum Gasteiger partial charge on any atom is -0.494 e. The molecule has 0 aliphatic rings. The molecular weight excluding hydrogens is 315 g/mol. The zero-order valence-corrected chi connectivity index (χ0v) is 13.3. The van der Waals surface area contributed by atoms with Crippen molar-refractivity contribution in [1.29, 1.82) is 0 Å². The van der Waals surface area contributed by atoms with Crippen LogP contribution in [0.15, 0.2) is 29.4 Å². The second-order valence-electron chi connectivity index (χ2n) is 4.17. The lowest BCUT2D eigenvalue weighted by atomic mass is 10.3. The van der Waals surface area contributed by atoms with Gasteiger partial charge in [-0.25, -0.2) is 4.39 Å². The Hall–Kier alpha value is -1.31. The van der Waals surface area contributed by atoms with Crippen LogP contribution in [0, 0.1) is 5.82 Å². The van der Waals surface area contributed by atoms with Crippen LogP contribution in [0.5, 0.6) is 5.75 Å². The number of aromatic nitrogens is 3. The van der Waals surface area contributed by atoms with Gasteiger partial charge in [-0.05, 0) is 30.7 Å². The first-order valence-electron chi connectivity index (χ1n) is 6.30. The van der Waals surface area contributed by atoms with Gasteiger partial charge in [-0.3, -0.25) is 0 Å². The molecule has 0 spiro atoms. The summed E-state index contributed by atoms with van der Waals surface area (Å²) in [6.45, 7) is 0.970. The molecule has 1 aromatic heterocycles. The first-order chi connectivity index (χ1) is 9.70. The third kappa shape index (κ3) is 5.18. The van der Waals surface area contributed by atoms with Crippen molar-refractivity contribution in [1.82, 2.24) is 14.8 Å². The van der Waals surface area contributed by atoms with Gasteiger partial charge in [-0.1, -0.05) is 11.8 Å². The van der Waals surface area contributed by atoms with Crippen LogP contribution in [0.3, 0.4) is 0 Å². The number of rotatable bonds is 7. The van der Waals surface area contributed by atoms with Gasteiger partial charge in [0.2, 0.25) is 0 Å². The number of benzene rings is 1. The van der Waals surface area contributed by atoms with Gasteiger partial charge in [-0.15, -0.1) is 22.6 Å². The number of ether oxygens (including phenoxy) is 1. The zero-order chi connectivity index (χ0) is 14.4. The SMILES string of the molecule is Cl.Cn1c(CN)nnc1SCCCOc1ccc(F)cc1. The van der Waals surface area contributed by atoms with Crippen LogP contribution in [-0.2, 0) is 13.6 Å². The topological polar surface area (TPSA) is 66.0 Å². The molecule has 0 radical (unpaired) electrons. The number of nitrogens with zero attached hydrogens (tertiary/aromatic N) is 3. The van der Waals surface area contributed by atoms with Gasteiger partial charge in [0.1, 0.15) is 17.4 Å². The lowest BCUT2D eigenvalue weighted by Crippen LogP contribution is -2.05. The van der Waals surface area contributed by atoms with Gasteiger partial charge in [0, 0.05) is 12.8 Å². The second-order valence-corrected chi connectivity index (χ2v) is 5.23. The minimum absolute atomic E-state index is 0. The molecule has 0 saturated heterocycles. The van der Waals surface area contributed by atoms with Crippen LogP contribution in [0.1, 0.15) is 12.2 Å². The van der Waals surface area contributed by atoms with Gasteiger partial charge < -0.3 is 15.0 Å². The molecule has 1 heterocycles. The Kier molecular flexibility index (Phi) is 7.49. The van der Waals surface area contributed by atoms with Crippen LogP contribution in [0.2, 0.25) is 0 Å². The largest absolute Gasteiger partial charge is 0.494 e. The van der Waals surface area contributed by atoms with Gasteiger partial charge >= 0.3 is 0 Å². The number of nitrogens with two attached hydrogens (primary N) is 1. The molecule has 1 aromatic carbocycles. The normalized spacial score (nSPS) is 10.2. The Labute approximate surface area is 133 Å². The molecule has 0 aliphatic heterocycles. The van der Waals surface area contributed by atoms with E-state index in [9.17, 15) is 4.39 Å². The van der Waals surface area contributed by atoms with Crippen molar-refractivity contribution in [3.05, 3.63) is 35.9 Å². The van der Waals surface area contributed by atoms with Crippen molar-refractivity contribution < 1.29 is 9.13 Å². The summed E-state index contributed by atoms with van der Waals surface area (Å²) in [5.74, 6) is 2.07. The summed E-state index contributed by atoms with van der Waals surface area (Å²) in [5.41, 5.74) is 5.54. The molecule has 2 aromatic rings. The van der Waals surface area contributed by atoms with Crippen molar-refractivity contribution in [3.63, 3.8) is 0 Å². The van der Waals surface area contributed by atoms with Gasteiger partial charge in [0.25, 0.3) is 0 Å². The fourth-order valence-corrected chi connectivity index (χ4v) is 2.43. The van der Waals surface area contributed by atoms with E-state index in [1.165, 1.54) is 12.1 Å². The average molecular weight is 333 g/mol. The highest BCUT2D eigenvalue weighted by molar-refractivity contribution is 7.99.